The fourth-order valence-electron chi connectivity index (χ4n) is 3.06. The predicted octanol–water partition coefficient (Wildman–Crippen LogP) is 2.27. The van der Waals surface area contributed by atoms with Gasteiger partial charge in [-0.1, -0.05) is 26.7 Å². The Labute approximate surface area is 115 Å². The van der Waals surface area contributed by atoms with Crippen LogP contribution in [-0.2, 0) is 14.3 Å². The molecule has 19 heavy (non-hydrogen) atoms. The molecule has 1 amide bonds. The van der Waals surface area contributed by atoms with Crippen molar-refractivity contribution >= 4 is 11.9 Å². The molecule has 2 aliphatic rings. The number of carbonyl (C=O) groups excluding carboxylic acids is 2. The second-order valence-corrected chi connectivity index (χ2v) is 6.73. The molecular formula is C15H25NO3. The van der Waals surface area contributed by atoms with Crippen LogP contribution in [0.25, 0.3) is 0 Å². The van der Waals surface area contributed by atoms with Crippen molar-refractivity contribution in [1.82, 2.24) is 5.32 Å². The van der Waals surface area contributed by atoms with E-state index in [2.05, 4.69) is 19.2 Å². The lowest BCUT2D eigenvalue weighted by Gasteiger charge is -2.42. The van der Waals surface area contributed by atoms with Gasteiger partial charge < -0.3 is 10.1 Å². The Morgan fingerprint density at radius 2 is 1.89 bits per heavy atom. The van der Waals surface area contributed by atoms with Gasteiger partial charge in [0.1, 0.15) is 5.41 Å². The molecule has 4 nitrogen and oxygen atoms in total. The van der Waals surface area contributed by atoms with E-state index in [1.807, 2.05) is 0 Å². The molecule has 0 aliphatic heterocycles. The Hall–Kier alpha value is -1.06. The van der Waals surface area contributed by atoms with Crippen LogP contribution in [0.2, 0.25) is 0 Å². The van der Waals surface area contributed by atoms with Gasteiger partial charge in [0.15, 0.2) is 0 Å². The minimum atomic E-state index is -0.898. The van der Waals surface area contributed by atoms with E-state index in [1.165, 1.54) is 26.4 Å². The SMILES string of the molecule is COC(=O)C1(C(=O)NCC(C)(C)C2CCC2)CCC1. The summed E-state index contributed by atoms with van der Waals surface area (Å²) in [4.78, 5) is 24.1. The summed E-state index contributed by atoms with van der Waals surface area (Å²) in [5.74, 6) is 0.180. The molecule has 0 heterocycles. The van der Waals surface area contributed by atoms with Crippen molar-refractivity contribution < 1.29 is 14.3 Å². The minimum Gasteiger partial charge on any atom is -0.468 e. The number of esters is 1. The zero-order chi connectivity index (χ0) is 14.1. The summed E-state index contributed by atoms with van der Waals surface area (Å²) in [7, 11) is 1.36. The van der Waals surface area contributed by atoms with Crippen LogP contribution in [-0.4, -0.2) is 25.5 Å². The molecule has 4 heteroatoms. The summed E-state index contributed by atoms with van der Waals surface area (Å²) in [6.07, 6.45) is 5.98. The second-order valence-electron chi connectivity index (χ2n) is 6.73. The molecule has 0 aromatic rings. The fraction of sp³-hybridized carbons (Fsp3) is 0.867. The van der Waals surface area contributed by atoms with Crippen LogP contribution in [0.4, 0.5) is 0 Å². The standard InChI is InChI=1S/C15H25NO3/c1-14(2,11-6-4-7-11)10-16-12(17)15(8-5-9-15)13(18)19-3/h11H,4-10H2,1-3H3,(H,16,17). The molecule has 2 saturated carbocycles. The highest BCUT2D eigenvalue weighted by Crippen LogP contribution is 2.44. The first-order valence-corrected chi connectivity index (χ1v) is 7.29. The van der Waals surface area contributed by atoms with Crippen LogP contribution < -0.4 is 5.32 Å². The quantitative estimate of drug-likeness (QED) is 0.614. The molecule has 2 aliphatic carbocycles. The van der Waals surface area contributed by atoms with E-state index in [1.54, 1.807) is 0 Å². The fourth-order valence-corrected chi connectivity index (χ4v) is 3.06. The number of hydrogen-bond acceptors (Lipinski definition) is 3. The lowest BCUT2D eigenvalue weighted by molar-refractivity contribution is -0.165. The monoisotopic (exact) mass is 267 g/mol. The molecule has 0 aromatic heterocycles. The second kappa shape index (κ2) is 5.14. The van der Waals surface area contributed by atoms with Gasteiger partial charge in [-0.3, -0.25) is 9.59 Å². The number of amides is 1. The normalized spacial score (nSPS) is 22.1. The molecule has 0 atom stereocenters. The maximum Gasteiger partial charge on any atom is 0.321 e. The van der Waals surface area contributed by atoms with Gasteiger partial charge in [-0.05, 0) is 37.0 Å². The van der Waals surface area contributed by atoms with Gasteiger partial charge >= 0.3 is 5.97 Å². The van der Waals surface area contributed by atoms with E-state index in [-0.39, 0.29) is 17.3 Å². The highest BCUT2D eigenvalue weighted by Gasteiger charge is 2.52. The van der Waals surface area contributed by atoms with Crippen LogP contribution in [0.3, 0.4) is 0 Å². The van der Waals surface area contributed by atoms with Crippen molar-refractivity contribution in [3.63, 3.8) is 0 Å². The van der Waals surface area contributed by atoms with Gasteiger partial charge in [0, 0.05) is 6.54 Å². The largest absolute Gasteiger partial charge is 0.468 e. The van der Waals surface area contributed by atoms with E-state index >= 15 is 0 Å². The van der Waals surface area contributed by atoms with Gasteiger partial charge in [-0.25, -0.2) is 0 Å². The van der Waals surface area contributed by atoms with E-state index in [0.29, 0.717) is 25.3 Å². The van der Waals surface area contributed by atoms with Crippen LogP contribution in [0.5, 0.6) is 0 Å². The molecule has 108 valence electrons. The maximum atomic E-state index is 12.3. The van der Waals surface area contributed by atoms with E-state index in [0.717, 1.165) is 6.42 Å². The van der Waals surface area contributed by atoms with Crippen molar-refractivity contribution in [2.45, 2.75) is 52.4 Å². The van der Waals surface area contributed by atoms with Gasteiger partial charge in [0.2, 0.25) is 5.91 Å². The van der Waals surface area contributed by atoms with Crippen molar-refractivity contribution in [3.8, 4) is 0 Å². The van der Waals surface area contributed by atoms with Crippen molar-refractivity contribution in [3.05, 3.63) is 0 Å². The first kappa shape index (κ1) is 14.4. The number of rotatable bonds is 5. The molecule has 0 bridgehead atoms. The Balaban J connectivity index is 1.91. The van der Waals surface area contributed by atoms with Crippen molar-refractivity contribution in [1.29, 1.82) is 0 Å². The smallest absolute Gasteiger partial charge is 0.321 e. The lowest BCUT2D eigenvalue weighted by Crippen LogP contribution is -2.53. The number of carbonyl (C=O) groups is 2. The summed E-state index contributed by atoms with van der Waals surface area (Å²) >= 11 is 0. The van der Waals surface area contributed by atoms with Crippen molar-refractivity contribution in [2.75, 3.05) is 13.7 Å². The van der Waals surface area contributed by atoms with Gasteiger partial charge in [-0.15, -0.1) is 0 Å². The van der Waals surface area contributed by atoms with E-state index in [9.17, 15) is 9.59 Å². The predicted molar refractivity (Wildman–Crippen MR) is 72.4 cm³/mol. The average molecular weight is 267 g/mol. The highest BCUT2D eigenvalue weighted by atomic mass is 16.5. The summed E-state index contributed by atoms with van der Waals surface area (Å²) < 4.78 is 4.79. The Bertz CT molecular complexity index is 368. The molecular weight excluding hydrogens is 242 g/mol. The van der Waals surface area contributed by atoms with E-state index < -0.39 is 5.41 Å². The number of methoxy groups -OCH3 is 1. The van der Waals surface area contributed by atoms with Crippen LogP contribution >= 0.6 is 0 Å². The third-order valence-electron chi connectivity index (χ3n) is 5.13. The third kappa shape index (κ3) is 2.49. The summed E-state index contributed by atoms with van der Waals surface area (Å²) in [6.45, 7) is 5.04. The molecule has 1 N–H and O–H groups in total. The van der Waals surface area contributed by atoms with E-state index in [4.69, 9.17) is 4.74 Å². The zero-order valence-corrected chi connectivity index (χ0v) is 12.3. The van der Waals surface area contributed by atoms with Crippen LogP contribution in [0, 0.1) is 16.7 Å². The Kier molecular flexibility index (Phi) is 3.88. The molecule has 0 unspecified atom stereocenters. The number of ether oxygens (including phenoxy) is 1. The summed E-state index contributed by atoms with van der Waals surface area (Å²) in [5.41, 5.74) is -0.778. The topological polar surface area (TPSA) is 55.4 Å². The highest BCUT2D eigenvalue weighted by molar-refractivity contribution is 6.03. The summed E-state index contributed by atoms with van der Waals surface area (Å²) in [5, 5.41) is 2.99. The molecule has 2 rings (SSSR count). The molecule has 0 aromatic carbocycles. The lowest BCUT2D eigenvalue weighted by atomic mass is 9.66. The van der Waals surface area contributed by atoms with Crippen LogP contribution in [0.15, 0.2) is 0 Å². The van der Waals surface area contributed by atoms with Gasteiger partial charge in [0.25, 0.3) is 0 Å². The number of hydrogen-bond donors (Lipinski definition) is 1. The summed E-state index contributed by atoms with van der Waals surface area (Å²) in [6, 6.07) is 0. The maximum absolute atomic E-state index is 12.3. The van der Waals surface area contributed by atoms with Crippen molar-refractivity contribution in [2.24, 2.45) is 16.7 Å². The van der Waals surface area contributed by atoms with Crippen LogP contribution in [0.1, 0.15) is 52.4 Å². The average Bonchev–Trinajstić information content (AvgIpc) is 2.21. The Morgan fingerprint density at radius 1 is 1.26 bits per heavy atom. The molecule has 0 radical (unpaired) electrons. The number of nitrogens with one attached hydrogen (secondary N) is 1. The molecule has 0 spiro atoms. The third-order valence-corrected chi connectivity index (χ3v) is 5.13. The molecule has 0 saturated heterocycles. The first-order chi connectivity index (χ1) is 8.92. The minimum absolute atomic E-state index is 0.120. The first-order valence-electron chi connectivity index (χ1n) is 7.29. The zero-order valence-electron chi connectivity index (χ0n) is 12.3. The van der Waals surface area contributed by atoms with Gasteiger partial charge in [-0.2, -0.15) is 0 Å². The molecule has 2 fully saturated rings. The Morgan fingerprint density at radius 3 is 2.26 bits per heavy atom. The van der Waals surface area contributed by atoms with Gasteiger partial charge in [0.05, 0.1) is 7.11 Å².